The molecule has 0 fully saturated rings. The standard InChI is InChI=1S/C25H50/c1-3-5-7-9-11-13-15-17-19-21-23-25-24-22-20-18-16-14-12-10-8-6-4-2/h7,9H,3-6,8,10-25H2,1-2H3/b9-7+. The molecule has 0 heterocycles. The zero-order valence-corrected chi connectivity index (χ0v) is 18.0. The maximum Gasteiger partial charge on any atom is -0.0351 e. The Kier molecular flexibility index (Phi) is 23.5. The van der Waals surface area contributed by atoms with E-state index >= 15 is 0 Å². The van der Waals surface area contributed by atoms with E-state index in [1.54, 1.807) is 0 Å². The molecule has 0 amide bonds. The molecule has 0 nitrogen and oxygen atoms in total. The molecule has 0 bridgehead atoms. The van der Waals surface area contributed by atoms with Gasteiger partial charge in [0, 0.05) is 0 Å². The smallest absolute Gasteiger partial charge is 0.0351 e. The van der Waals surface area contributed by atoms with Gasteiger partial charge < -0.3 is 0 Å². The molecule has 0 aromatic carbocycles. The molecule has 0 aromatic rings. The second-order valence-electron chi connectivity index (χ2n) is 8.06. The summed E-state index contributed by atoms with van der Waals surface area (Å²) in [6.45, 7) is 4.55. The lowest BCUT2D eigenvalue weighted by Crippen LogP contribution is -1.84. The van der Waals surface area contributed by atoms with E-state index in [0.717, 1.165) is 0 Å². The average Bonchev–Trinajstić information content (AvgIpc) is 2.63. The van der Waals surface area contributed by atoms with E-state index in [4.69, 9.17) is 0 Å². The lowest BCUT2D eigenvalue weighted by atomic mass is 10.0. The first-order valence-corrected chi connectivity index (χ1v) is 12.1. The van der Waals surface area contributed by atoms with Crippen LogP contribution in [0.4, 0.5) is 0 Å². The zero-order valence-electron chi connectivity index (χ0n) is 18.0. The van der Waals surface area contributed by atoms with Crippen molar-refractivity contribution in [1.82, 2.24) is 0 Å². The Morgan fingerprint density at radius 3 is 1.00 bits per heavy atom. The molecule has 0 rings (SSSR count). The monoisotopic (exact) mass is 350 g/mol. The normalized spacial score (nSPS) is 11.6. The second-order valence-corrected chi connectivity index (χ2v) is 8.06. The highest BCUT2D eigenvalue weighted by molar-refractivity contribution is 4.80. The number of allylic oxidation sites excluding steroid dienone is 2. The second kappa shape index (κ2) is 23.7. The molecule has 0 radical (unpaired) electrons. The van der Waals surface area contributed by atoms with Gasteiger partial charge in [-0.2, -0.15) is 0 Å². The molecular formula is C25H50. The van der Waals surface area contributed by atoms with Crippen molar-refractivity contribution in [3.8, 4) is 0 Å². The number of hydrogen-bond donors (Lipinski definition) is 0. The Morgan fingerprint density at radius 2 is 0.640 bits per heavy atom. The third-order valence-electron chi connectivity index (χ3n) is 5.35. The fourth-order valence-electron chi connectivity index (χ4n) is 3.57. The summed E-state index contributed by atoms with van der Waals surface area (Å²) in [5.74, 6) is 0. The van der Waals surface area contributed by atoms with Gasteiger partial charge in [0.1, 0.15) is 0 Å². The van der Waals surface area contributed by atoms with Crippen LogP contribution < -0.4 is 0 Å². The van der Waals surface area contributed by atoms with E-state index in [1.165, 1.54) is 135 Å². The molecule has 0 saturated heterocycles. The molecule has 0 unspecified atom stereocenters. The Bertz CT molecular complexity index is 240. The summed E-state index contributed by atoms with van der Waals surface area (Å²) in [5, 5.41) is 0. The van der Waals surface area contributed by atoms with Gasteiger partial charge in [0.2, 0.25) is 0 Å². The third-order valence-corrected chi connectivity index (χ3v) is 5.35. The number of rotatable bonds is 21. The van der Waals surface area contributed by atoms with Gasteiger partial charge in [-0.25, -0.2) is 0 Å². The summed E-state index contributed by atoms with van der Waals surface area (Å²) < 4.78 is 0. The summed E-state index contributed by atoms with van der Waals surface area (Å²) in [7, 11) is 0. The largest absolute Gasteiger partial charge is 0.0885 e. The van der Waals surface area contributed by atoms with Crippen LogP contribution in [0.15, 0.2) is 12.2 Å². The molecular weight excluding hydrogens is 300 g/mol. The fraction of sp³-hybridized carbons (Fsp3) is 0.920. The van der Waals surface area contributed by atoms with Crippen LogP contribution in [0.5, 0.6) is 0 Å². The van der Waals surface area contributed by atoms with E-state index in [0.29, 0.717) is 0 Å². The van der Waals surface area contributed by atoms with Crippen LogP contribution in [0.2, 0.25) is 0 Å². The predicted molar refractivity (Wildman–Crippen MR) is 117 cm³/mol. The predicted octanol–water partition coefficient (Wildman–Crippen LogP) is 9.77. The Hall–Kier alpha value is -0.260. The third kappa shape index (κ3) is 23.7. The molecule has 0 aromatic heterocycles. The quantitative estimate of drug-likeness (QED) is 0.143. The maximum absolute atomic E-state index is 2.38. The molecule has 0 atom stereocenters. The number of hydrogen-bond acceptors (Lipinski definition) is 0. The summed E-state index contributed by atoms with van der Waals surface area (Å²) in [6, 6.07) is 0. The van der Waals surface area contributed by atoms with Crippen LogP contribution in [0, 0.1) is 0 Å². The summed E-state index contributed by atoms with van der Waals surface area (Å²) in [4.78, 5) is 0. The van der Waals surface area contributed by atoms with Crippen molar-refractivity contribution in [3.63, 3.8) is 0 Å². The zero-order chi connectivity index (χ0) is 18.3. The Labute approximate surface area is 161 Å². The van der Waals surface area contributed by atoms with Gasteiger partial charge in [0.15, 0.2) is 0 Å². The van der Waals surface area contributed by atoms with Crippen LogP contribution in [-0.4, -0.2) is 0 Å². The molecule has 0 N–H and O–H groups in total. The summed E-state index contributed by atoms with van der Waals surface area (Å²) in [5.41, 5.74) is 0. The average molecular weight is 351 g/mol. The molecule has 0 saturated carbocycles. The van der Waals surface area contributed by atoms with Gasteiger partial charge in [-0.1, -0.05) is 142 Å². The molecule has 0 aliphatic carbocycles. The molecule has 0 aliphatic rings. The molecule has 25 heavy (non-hydrogen) atoms. The van der Waals surface area contributed by atoms with Gasteiger partial charge in [0.25, 0.3) is 0 Å². The van der Waals surface area contributed by atoms with Crippen molar-refractivity contribution < 1.29 is 0 Å². The first-order valence-electron chi connectivity index (χ1n) is 12.1. The lowest BCUT2D eigenvalue weighted by molar-refractivity contribution is 0.525. The number of unbranched alkanes of at least 4 members (excludes halogenated alkanes) is 19. The van der Waals surface area contributed by atoms with Gasteiger partial charge in [-0.05, 0) is 19.3 Å². The molecule has 0 heteroatoms. The van der Waals surface area contributed by atoms with Crippen LogP contribution in [0.1, 0.15) is 149 Å². The molecule has 0 spiro atoms. The molecule has 0 aliphatic heterocycles. The van der Waals surface area contributed by atoms with Crippen molar-refractivity contribution in [3.05, 3.63) is 12.2 Å². The van der Waals surface area contributed by atoms with E-state index in [9.17, 15) is 0 Å². The summed E-state index contributed by atoms with van der Waals surface area (Å²) in [6.07, 6.45) is 34.9. The minimum absolute atomic E-state index is 1.26. The van der Waals surface area contributed by atoms with Crippen LogP contribution in [-0.2, 0) is 0 Å². The van der Waals surface area contributed by atoms with E-state index < -0.39 is 0 Å². The van der Waals surface area contributed by atoms with Gasteiger partial charge in [-0.15, -0.1) is 0 Å². The highest BCUT2D eigenvalue weighted by Gasteiger charge is 1.94. The first kappa shape index (κ1) is 24.7. The minimum Gasteiger partial charge on any atom is -0.0885 e. The lowest BCUT2D eigenvalue weighted by Gasteiger charge is -2.03. The van der Waals surface area contributed by atoms with Crippen molar-refractivity contribution in [1.29, 1.82) is 0 Å². The van der Waals surface area contributed by atoms with E-state index in [2.05, 4.69) is 26.0 Å². The van der Waals surface area contributed by atoms with Crippen molar-refractivity contribution in [2.24, 2.45) is 0 Å². The van der Waals surface area contributed by atoms with Gasteiger partial charge >= 0.3 is 0 Å². The Morgan fingerprint density at radius 1 is 0.320 bits per heavy atom. The van der Waals surface area contributed by atoms with Gasteiger partial charge in [0.05, 0.1) is 0 Å². The van der Waals surface area contributed by atoms with Crippen molar-refractivity contribution in [2.45, 2.75) is 149 Å². The van der Waals surface area contributed by atoms with Crippen LogP contribution in [0.3, 0.4) is 0 Å². The molecule has 150 valence electrons. The Balaban J connectivity index is 2.98. The van der Waals surface area contributed by atoms with Crippen molar-refractivity contribution >= 4 is 0 Å². The van der Waals surface area contributed by atoms with Crippen LogP contribution >= 0.6 is 0 Å². The highest BCUT2D eigenvalue weighted by atomic mass is 14.0. The van der Waals surface area contributed by atoms with E-state index in [-0.39, 0.29) is 0 Å². The maximum atomic E-state index is 2.38. The van der Waals surface area contributed by atoms with E-state index in [1.807, 2.05) is 0 Å². The minimum atomic E-state index is 1.26. The van der Waals surface area contributed by atoms with Crippen LogP contribution in [0.25, 0.3) is 0 Å². The first-order chi connectivity index (χ1) is 12.4. The summed E-state index contributed by atoms with van der Waals surface area (Å²) >= 11 is 0. The SMILES string of the molecule is CCC/C=C/CCCCCCCCCCCCCCCCCCCC. The van der Waals surface area contributed by atoms with Gasteiger partial charge in [-0.3, -0.25) is 0 Å². The fourth-order valence-corrected chi connectivity index (χ4v) is 3.57. The highest BCUT2D eigenvalue weighted by Crippen LogP contribution is 2.14. The van der Waals surface area contributed by atoms with Crippen molar-refractivity contribution in [2.75, 3.05) is 0 Å². The topological polar surface area (TPSA) is 0 Å².